The van der Waals surface area contributed by atoms with Crippen LogP contribution in [0.3, 0.4) is 0 Å². The Kier molecular flexibility index (Phi) is 2.07. The highest BCUT2D eigenvalue weighted by atomic mass is 16.3. The molecule has 0 aliphatic rings. The van der Waals surface area contributed by atoms with E-state index in [0.717, 1.165) is 22.7 Å². The molecule has 0 spiro atoms. The van der Waals surface area contributed by atoms with Crippen LogP contribution in [0.25, 0.3) is 33.3 Å². The van der Waals surface area contributed by atoms with Gasteiger partial charge < -0.3 is 4.42 Å². The van der Waals surface area contributed by atoms with Gasteiger partial charge in [0.1, 0.15) is 5.58 Å². The minimum Gasteiger partial charge on any atom is -0.437 e. The third-order valence-corrected chi connectivity index (χ3v) is 4.22. The van der Waals surface area contributed by atoms with Gasteiger partial charge in [0.05, 0.1) is 5.69 Å². The summed E-state index contributed by atoms with van der Waals surface area (Å²) in [7, 11) is 0. The van der Waals surface area contributed by atoms with Gasteiger partial charge in [0.15, 0.2) is 0 Å². The number of nitrogens with zero attached hydrogens (tertiary/aromatic N) is 2. The van der Waals surface area contributed by atoms with Crippen molar-refractivity contribution in [1.29, 1.82) is 0 Å². The highest BCUT2D eigenvalue weighted by Gasteiger charge is 2.15. The van der Waals surface area contributed by atoms with Gasteiger partial charge in [0.2, 0.25) is 5.71 Å². The molecule has 0 radical (unpaired) electrons. The zero-order chi connectivity index (χ0) is 25.3. The van der Waals surface area contributed by atoms with E-state index in [1.54, 1.807) is 12.1 Å². The first-order valence-corrected chi connectivity index (χ1v) is 7.86. The number of hydrogen-bond donors (Lipinski definition) is 0. The smallest absolute Gasteiger partial charge is 0.227 e. The maximum absolute atomic E-state index is 8.67. The third-order valence-electron chi connectivity index (χ3n) is 4.22. The summed E-state index contributed by atoms with van der Waals surface area (Å²) in [5.74, 6) is -3.09. The monoisotopic (exact) mass is 339 g/mol. The first kappa shape index (κ1) is 8.61. The van der Waals surface area contributed by atoms with Crippen molar-refractivity contribution in [3.63, 3.8) is 0 Å². The lowest BCUT2D eigenvalue weighted by atomic mass is 9.95. The largest absolute Gasteiger partial charge is 0.437 e. The highest BCUT2D eigenvalue weighted by Crippen LogP contribution is 2.35. The van der Waals surface area contributed by atoms with Crippen LogP contribution >= 0.6 is 0 Å². The molecule has 4 aromatic rings. The summed E-state index contributed by atoms with van der Waals surface area (Å²) in [5.41, 5.74) is 1.45. The predicted octanol–water partition coefficient (Wildman–Crippen LogP) is 6.04. The zero-order valence-electron chi connectivity index (χ0n) is 22.8. The lowest BCUT2D eigenvalue weighted by Crippen LogP contribution is -1.98. The van der Waals surface area contributed by atoms with Crippen LogP contribution in [0.5, 0.6) is 0 Å². The Labute approximate surface area is 160 Å². The second-order valence-electron chi connectivity index (χ2n) is 5.83. The molecule has 3 nitrogen and oxygen atoms in total. The molecule has 0 atom stereocenters. The van der Waals surface area contributed by atoms with Crippen LogP contribution in [0.2, 0.25) is 0 Å². The van der Waals surface area contributed by atoms with Crippen LogP contribution in [0.4, 0.5) is 0 Å². The Morgan fingerprint density at radius 3 is 2.92 bits per heavy atom. The summed E-state index contributed by atoms with van der Waals surface area (Å²) in [6.07, 6.45) is -1.04. The summed E-state index contributed by atoms with van der Waals surface area (Å²) in [6, 6.07) is 10.2. The third kappa shape index (κ3) is 2.60. The van der Waals surface area contributed by atoms with E-state index in [0.29, 0.717) is 16.9 Å². The second kappa shape index (κ2) is 5.99. The molecule has 0 aliphatic heterocycles. The first-order valence-electron chi connectivity index (χ1n) is 12.4. The molecule has 0 amide bonds. The summed E-state index contributed by atoms with van der Waals surface area (Å²) in [4.78, 5) is 8.72. The fourth-order valence-corrected chi connectivity index (χ4v) is 2.98. The van der Waals surface area contributed by atoms with Gasteiger partial charge in [0, 0.05) is 40.6 Å². The van der Waals surface area contributed by atoms with Gasteiger partial charge in [-0.1, -0.05) is 32.8 Å². The Bertz CT molecular complexity index is 1380. The van der Waals surface area contributed by atoms with Gasteiger partial charge in [-0.05, 0) is 54.6 Å². The molecule has 4 rings (SSSR count). The number of hydrogen-bond acceptors (Lipinski definition) is 3. The number of aromatic nitrogens is 2. The van der Waals surface area contributed by atoms with Crippen LogP contribution in [0.1, 0.15) is 55.7 Å². The number of furan rings is 1. The average Bonchev–Trinajstić information content (AvgIpc) is 3.07. The zero-order valence-corrected chi connectivity index (χ0v) is 13.8. The standard InChI is InChI=1S/C22H22N2O/c1-5-15-12-23-20(11-19(15)13(2)3)18-8-6-7-16-17-10-9-14(4)24-22(17)25-21(16)18/h6-13H,5H2,1-4H3/i2D3,3D3,5D2,13D. The Morgan fingerprint density at radius 1 is 1.24 bits per heavy atom. The van der Waals surface area contributed by atoms with E-state index in [4.69, 9.17) is 16.8 Å². The molecule has 0 saturated carbocycles. The van der Waals surface area contributed by atoms with Crippen LogP contribution < -0.4 is 0 Å². The first-order chi connectivity index (χ1) is 15.6. The van der Waals surface area contributed by atoms with Gasteiger partial charge >= 0.3 is 0 Å². The SMILES string of the molecule is [2H]C([2H])(C)c1cnc(-c2cccc3c2oc2nc(C)ccc23)cc1C([2H])(C([2H])([2H])[2H])C([2H])([2H])[2H]. The molecule has 25 heavy (non-hydrogen) atoms. The Balaban J connectivity index is 2.06. The normalized spacial score (nSPS) is 19.0. The molecule has 0 aliphatic carbocycles. The quantitative estimate of drug-likeness (QED) is 0.457. The maximum atomic E-state index is 8.67. The number of para-hydroxylation sites is 1. The van der Waals surface area contributed by atoms with Gasteiger partial charge in [0.25, 0.3) is 0 Å². The molecule has 0 N–H and O–H groups in total. The lowest BCUT2D eigenvalue weighted by Gasteiger charge is -2.13. The summed E-state index contributed by atoms with van der Waals surface area (Å²) in [6.45, 7) is -3.55. The van der Waals surface area contributed by atoms with Gasteiger partial charge in [-0.15, -0.1) is 0 Å². The average molecular weight is 339 g/mol. The number of fused-ring (bicyclic) bond motifs is 3. The summed E-state index contributed by atoms with van der Waals surface area (Å²) >= 11 is 0. The molecular weight excluding hydrogens is 308 g/mol. The maximum Gasteiger partial charge on any atom is 0.227 e. The topological polar surface area (TPSA) is 38.9 Å². The summed E-state index contributed by atoms with van der Waals surface area (Å²) < 4.78 is 78.3. The molecular formula is C22H22N2O. The molecule has 126 valence electrons. The molecule has 3 heterocycles. The van der Waals surface area contributed by atoms with Crippen molar-refractivity contribution in [3.05, 3.63) is 59.4 Å². The Hall–Kier alpha value is -2.68. The fourth-order valence-electron chi connectivity index (χ4n) is 2.98. The van der Waals surface area contributed by atoms with Crippen molar-refractivity contribution in [2.45, 2.75) is 39.8 Å². The van der Waals surface area contributed by atoms with Crippen molar-refractivity contribution in [1.82, 2.24) is 9.97 Å². The number of rotatable bonds is 3. The van der Waals surface area contributed by atoms with E-state index in [-0.39, 0.29) is 11.3 Å². The van der Waals surface area contributed by atoms with E-state index < -0.39 is 31.5 Å². The van der Waals surface area contributed by atoms with E-state index in [9.17, 15) is 0 Å². The van der Waals surface area contributed by atoms with Crippen molar-refractivity contribution in [2.75, 3.05) is 0 Å². The fraction of sp³-hybridized carbons (Fsp3) is 0.273. The van der Waals surface area contributed by atoms with Crippen LogP contribution in [-0.4, -0.2) is 9.97 Å². The van der Waals surface area contributed by atoms with Crippen molar-refractivity contribution in [3.8, 4) is 11.3 Å². The van der Waals surface area contributed by atoms with E-state index >= 15 is 0 Å². The summed E-state index contributed by atoms with van der Waals surface area (Å²) in [5, 5.41) is 1.51. The van der Waals surface area contributed by atoms with E-state index in [1.807, 2.05) is 25.1 Å². The molecule has 3 aromatic heterocycles. The molecule has 0 fully saturated rings. The Morgan fingerprint density at radius 2 is 2.12 bits per heavy atom. The van der Waals surface area contributed by atoms with E-state index in [1.165, 1.54) is 13.0 Å². The van der Waals surface area contributed by atoms with Crippen LogP contribution in [0, 0.1) is 6.92 Å². The van der Waals surface area contributed by atoms with Gasteiger partial charge in [-0.25, -0.2) is 4.98 Å². The van der Waals surface area contributed by atoms with E-state index in [2.05, 4.69) is 9.97 Å². The molecule has 0 unspecified atom stereocenters. The predicted molar refractivity (Wildman–Crippen MR) is 103 cm³/mol. The van der Waals surface area contributed by atoms with Gasteiger partial charge in [-0.2, -0.15) is 0 Å². The molecule has 0 bridgehead atoms. The number of pyridine rings is 2. The lowest BCUT2D eigenvalue weighted by molar-refractivity contribution is 0.653. The van der Waals surface area contributed by atoms with Crippen molar-refractivity contribution in [2.24, 2.45) is 0 Å². The minimum absolute atomic E-state index is 0.162. The number of aryl methyl sites for hydroxylation is 2. The van der Waals surface area contributed by atoms with Crippen molar-refractivity contribution >= 4 is 22.1 Å². The van der Waals surface area contributed by atoms with Crippen LogP contribution in [0.15, 0.2) is 47.0 Å². The van der Waals surface area contributed by atoms with Crippen LogP contribution in [-0.2, 0) is 6.37 Å². The van der Waals surface area contributed by atoms with Crippen molar-refractivity contribution < 1.29 is 16.8 Å². The molecule has 0 saturated heterocycles. The number of benzene rings is 1. The highest BCUT2D eigenvalue weighted by molar-refractivity contribution is 6.08. The minimum atomic E-state index is -3.27. The second-order valence-corrected chi connectivity index (χ2v) is 5.83. The van der Waals surface area contributed by atoms with Gasteiger partial charge in [-0.3, -0.25) is 4.98 Å². The molecule has 1 aromatic carbocycles. The molecule has 3 heteroatoms.